The van der Waals surface area contributed by atoms with E-state index in [4.69, 9.17) is 0 Å². The van der Waals surface area contributed by atoms with Crippen LogP contribution in [0.3, 0.4) is 0 Å². The standard InChI is InChI=1S/C18H19N3O3/c22-16(20-14-7-2-1-3-8-14)13-6-5-11-21(12-13)18(24)15-9-4-10-19-17(15)23/h1-4,7-10,13H,5-6,11-12H2,(H,19,23)(H,20,22). The molecule has 24 heavy (non-hydrogen) atoms. The Hall–Kier alpha value is -2.89. The van der Waals surface area contributed by atoms with Gasteiger partial charge in [-0.05, 0) is 37.1 Å². The summed E-state index contributed by atoms with van der Waals surface area (Å²) in [6, 6.07) is 12.4. The molecule has 1 aliphatic heterocycles. The van der Waals surface area contributed by atoms with Gasteiger partial charge in [0.05, 0.1) is 5.92 Å². The van der Waals surface area contributed by atoms with Crippen molar-refractivity contribution < 1.29 is 9.59 Å². The summed E-state index contributed by atoms with van der Waals surface area (Å²) in [5.74, 6) is -0.694. The fraction of sp³-hybridized carbons (Fsp3) is 0.278. The molecule has 0 aliphatic carbocycles. The number of nitrogens with one attached hydrogen (secondary N) is 2. The minimum absolute atomic E-state index is 0.0966. The van der Waals surface area contributed by atoms with E-state index in [1.54, 1.807) is 11.0 Å². The molecule has 1 atom stereocenters. The lowest BCUT2D eigenvalue weighted by molar-refractivity contribution is -0.121. The van der Waals surface area contributed by atoms with Gasteiger partial charge in [0.2, 0.25) is 5.91 Å². The predicted molar refractivity (Wildman–Crippen MR) is 90.8 cm³/mol. The number of carbonyl (C=O) groups excluding carboxylic acids is 2. The lowest BCUT2D eigenvalue weighted by Crippen LogP contribution is -2.45. The van der Waals surface area contributed by atoms with Crippen LogP contribution in [0.4, 0.5) is 5.69 Å². The first kappa shape index (κ1) is 16.0. The van der Waals surface area contributed by atoms with Gasteiger partial charge >= 0.3 is 0 Å². The molecular formula is C18H19N3O3. The number of H-pyrrole nitrogens is 1. The Kier molecular flexibility index (Phi) is 4.74. The molecule has 0 bridgehead atoms. The molecule has 124 valence electrons. The smallest absolute Gasteiger partial charge is 0.260 e. The van der Waals surface area contributed by atoms with E-state index < -0.39 is 5.56 Å². The number of nitrogens with zero attached hydrogens (tertiary/aromatic N) is 1. The number of pyridine rings is 1. The number of aromatic amines is 1. The van der Waals surface area contributed by atoms with Crippen LogP contribution in [-0.2, 0) is 4.79 Å². The number of hydrogen-bond donors (Lipinski definition) is 2. The quantitative estimate of drug-likeness (QED) is 0.904. The molecule has 2 aromatic rings. The Morgan fingerprint density at radius 2 is 1.92 bits per heavy atom. The van der Waals surface area contributed by atoms with Crippen LogP contribution in [0.5, 0.6) is 0 Å². The van der Waals surface area contributed by atoms with E-state index in [9.17, 15) is 14.4 Å². The lowest BCUT2D eigenvalue weighted by atomic mass is 9.96. The highest BCUT2D eigenvalue weighted by Crippen LogP contribution is 2.20. The van der Waals surface area contributed by atoms with E-state index in [2.05, 4.69) is 10.3 Å². The van der Waals surface area contributed by atoms with Crippen molar-refractivity contribution in [2.75, 3.05) is 18.4 Å². The number of anilines is 1. The third-order valence-electron chi connectivity index (χ3n) is 4.17. The topological polar surface area (TPSA) is 82.3 Å². The van der Waals surface area contributed by atoms with E-state index in [-0.39, 0.29) is 23.3 Å². The Labute approximate surface area is 139 Å². The molecule has 1 aromatic heterocycles. The van der Waals surface area contributed by atoms with E-state index >= 15 is 0 Å². The fourth-order valence-electron chi connectivity index (χ4n) is 2.90. The Balaban J connectivity index is 1.68. The van der Waals surface area contributed by atoms with E-state index in [1.807, 2.05) is 30.3 Å². The molecule has 0 spiro atoms. The second kappa shape index (κ2) is 7.12. The zero-order valence-electron chi connectivity index (χ0n) is 13.2. The zero-order valence-corrected chi connectivity index (χ0v) is 13.2. The summed E-state index contributed by atoms with van der Waals surface area (Å²) in [6.45, 7) is 0.883. The molecule has 3 rings (SSSR count). The number of benzene rings is 1. The van der Waals surface area contributed by atoms with Crippen molar-refractivity contribution in [2.45, 2.75) is 12.8 Å². The summed E-state index contributed by atoms with van der Waals surface area (Å²) in [5, 5.41) is 2.88. The molecule has 1 fully saturated rings. The molecule has 1 aliphatic rings. The predicted octanol–water partition coefficient (Wildman–Crippen LogP) is 1.87. The first-order valence-corrected chi connectivity index (χ1v) is 7.98. The number of rotatable bonds is 3. The van der Waals surface area contributed by atoms with Gasteiger partial charge in [0.15, 0.2) is 0 Å². The van der Waals surface area contributed by atoms with Gasteiger partial charge in [0.1, 0.15) is 5.56 Å². The van der Waals surface area contributed by atoms with Gasteiger partial charge < -0.3 is 15.2 Å². The Morgan fingerprint density at radius 1 is 1.12 bits per heavy atom. The van der Waals surface area contributed by atoms with E-state index in [1.165, 1.54) is 12.3 Å². The van der Waals surface area contributed by atoms with Crippen molar-refractivity contribution in [3.05, 3.63) is 64.6 Å². The van der Waals surface area contributed by atoms with E-state index in [0.29, 0.717) is 13.1 Å². The minimum Gasteiger partial charge on any atom is -0.338 e. The highest BCUT2D eigenvalue weighted by Gasteiger charge is 2.29. The molecule has 2 amide bonds. The summed E-state index contributed by atoms with van der Waals surface area (Å²) in [5.41, 5.74) is 0.449. The molecule has 2 heterocycles. The van der Waals surface area contributed by atoms with Gasteiger partial charge in [0, 0.05) is 25.0 Å². The second-order valence-electron chi connectivity index (χ2n) is 5.86. The first-order chi connectivity index (χ1) is 11.6. The number of likely N-dealkylation sites (tertiary alicyclic amines) is 1. The molecule has 1 aromatic carbocycles. The molecule has 0 radical (unpaired) electrons. The third-order valence-corrected chi connectivity index (χ3v) is 4.17. The summed E-state index contributed by atoms with van der Waals surface area (Å²) < 4.78 is 0. The highest BCUT2D eigenvalue weighted by molar-refractivity contribution is 5.96. The average molecular weight is 325 g/mol. The zero-order chi connectivity index (χ0) is 16.9. The van der Waals surface area contributed by atoms with Crippen molar-refractivity contribution in [1.29, 1.82) is 0 Å². The highest BCUT2D eigenvalue weighted by atomic mass is 16.2. The number of aromatic nitrogens is 1. The average Bonchev–Trinajstić information content (AvgIpc) is 2.62. The second-order valence-corrected chi connectivity index (χ2v) is 5.86. The van der Waals surface area contributed by atoms with Gasteiger partial charge in [-0.3, -0.25) is 14.4 Å². The largest absolute Gasteiger partial charge is 0.338 e. The van der Waals surface area contributed by atoms with Crippen molar-refractivity contribution in [3.63, 3.8) is 0 Å². The normalized spacial score (nSPS) is 17.3. The van der Waals surface area contributed by atoms with Crippen LogP contribution in [0.25, 0.3) is 0 Å². The van der Waals surface area contributed by atoms with Crippen LogP contribution in [0, 0.1) is 5.92 Å². The monoisotopic (exact) mass is 325 g/mol. The van der Waals surface area contributed by atoms with Crippen molar-refractivity contribution in [1.82, 2.24) is 9.88 Å². The molecule has 1 saturated heterocycles. The van der Waals surface area contributed by atoms with Crippen LogP contribution in [0.2, 0.25) is 0 Å². The molecule has 0 saturated carbocycles. The molecule has 6 nitrogen and oxygen atoms in total. The number of para-hydroxylation sites is 1. The number of hydrogen-bond acceptors (Lipinski definition) is 3. The van der Waals surface area contributed by atoms with Gasteiger partial charge in [0.25, 0.3) is 11.5 Å². The maximum Gasteiger partial charge on any atom is 0.260 e. The minimum atomic E-state index is -0.404. The van der Waals surface area contributed by atoms with Crippen LogP contribution < -0.4 is 10.9 Å². The maximum atomic E-state index is 12.5. The summed E-state index contributed by atoms with van der Waals surface area (Å²) in [4.78, 5) is 40.8. The van der Waals surface area contributed by atoms with Crippen LogP contribution in [-0.4, -0.2) is 34.8 Å². The van der Waals surface area contributed by atoms with Crippen molar-refractivity contribution in [3.8, 4) is 0 Å². The summed E-state index contributed by atoms with van der Waals surface area (Å²) in [7, 11) is 0. The SMILES string of the molecule is O=C(Nc1ccccc1)C1CCCN(C(=O)c2ccc[nH]c2=O)C1. The Bertz CT molecular complexity index is 785. The van der Waals surface area contributed by atoms with Gasteiger partial charge in [-0.15, -0.1) is 0 Å². The van der Waals surface area contributed by atoms with Crippen molar-refractivity contribution in [2.24, 2.45) is 5.92 Å². The number of piperidine rings is 1. The first-order valence-electron chi connectivity index (χ1n) is 7.98. The fourth-order valence-corrected chi connectivity index (χ4v) is 2.90. The summed E-state index contributed by atoms with van der Waals surface area (Å²) in [6.07, 6.45) is 2.96. The van der Waals surface area contributed by atoms with Crippen molar-refractivity contribution >= 4 is 17.5 Å². The van der Waals surface area contributed by atoms with E-state index in [0.717, 1.165) is 18.5 Å². The molecular weight excluding hydrogens is 306 g/mol. The lowest BCUT2D eigenvalue weighted by Gasteiger charge is -2.32. The molecule has 1 unspecified atom stereocenters. The number of amides is 2. The molecule has 6 heteroatoms. The van der Waals surface area contributed by atoms with Gasteiger partial charge in [-0.2, -0.15) is 0 Å². The maximum absolute atomic E-state index is 12.5. The van der Waals surface area contributed by atoms with Gasteiger partial charge in [-0.1, -0.05) is 18.2 Å². The van der Waals surface area contributed by atoms with Gasteiger partial charge in [-0.25, -0.2) is 0 Å². The molecule has 2 N–H and O–H groups in total. The third kappa shape index (κ3) is 3.53. The number of carbonyl (C=O) groups is 2. The Morgan fingerprint density at radius 3 is 2.67 bits per heavy atom. The van der Waals surface area contributed by atoms with Crippen LogP contribution in [0.1, 0.15) is 23.2 Å². The summed E-state index contributed by atoms with van der Waals surface area (Å²) >= 11 is 0. The van der Waals surface area contributed by atoms with Crippen LogP contribution >= 0.6 is 0 Å². The van der Waals surface area contributed by atoms with Crippen LogP contribution in [0.15, 0.2) is 53.5 Å².